The van der Waals surface area contributed by atoms with E-state index in [1.807, 2.05) is 0 Å². The molecule has 37 heavy (non-hydrogen) atoms. The standard InChI is InChI=1S/C32H65FO3S/c1-2-3-4-5-6-7-8-9-10-11-12-13-14-16-19-22-25-28-31-36-37(34,35)32-29-26-23-20-17-15-18-21-24-27-30-33/h2-32H2,1H3. The number of alkyl halides is 1. The first-order valence-electron chi connectivity index (χ1n) is 16.6. The summed E-state index contributed by atoms with van der Waals surface area (Å²) in [6.45, 7) is 2.44. The Kier molecular flexibility index (Phi) is 30.3. The molecule has 0 unspecified atom stereocenters. The Hall–Kier alpha value is -0.160. The molecule has 0 N–H and O–H groups in total. The van der Waals surface area contributed by atoms with Crippen LogP contribution in [0.1, 0.15) is 187 Å². The summed E-state index contributed by atoms with van der Waals surface area (Å²) >= 11 is 0. The lowest BCUT2D eigenvalue weighted by Gasteiger charge is -2.06. The van der Waals surface area contributed by atoms with Crippen molar-refractivity contribution in [1.29, 1.82) is 0 Å². The third-order valence-electron chi connectivity index (χ3n) is 7.54. The third-order valence-corrected chi connectivity index (χ3v) is 8.85. The van der Waals surface area contributed by atoms with Crippen molar-refractivity contribution in [3.05, 3.63) is 0 Å². The summed E-state index contributed by atoms with van der Waals surface area (Å²) in [6.07, 6.45) is 34.4. The highest BCUT2D eigenvalue weighted by molar-refractivity contribution is 7.86. The number of rotatable bonds is 32. The summed E-state index contributed by atoms with van der Waals surface area (Å²) < 4.78 is 41.3. The highest BCUT2D eigenvalue weighted by Gasteiger charge is 2.10. The second-order valence-electron chi connectivity index (χ2n) is 11.3. The quantitative estimate of drug-likeness (QED) is 0.0620. The monoisotopic (exact) mass is 548 g/mol. The number of hydrogen-bond donors (Lipinski definition) is 0. The van der Waals surface area contributed by atoms with E-state index in [0.29, 0.717) is 19.4 Å². The predicted molar refractivity (Wildman–Crippen MR) is 161 cm³/mol. The third kappa shape index (κ3) is 32.0. The van der Waals surface area contributed by atoms with E-state index >= 15 is 0 Å². The Balaban J connectivity index is 3.26. The lowest BCUT2D eigenvalue weighted by Crippen LogP contribution is -2.11. The summed E-state index contributed by atoms with van der Waals surface area (Å²) in [6, 6.07) is 0. The fourth-order valence-corrected chi connectivity index (χ4v) is 6.08. The first-order valence-corrected chi connectivity index (χ1v) is 18.1. The average Bonchev–Trinajstić information content (AvgIpc) is 2.88. The van der Waals surface area contributed by atoms with Crippen molar-refractivity contribution in [2.45, 2.75) is 187 Å². The normalized spacial score (nSPS) is 11.9. The van der Waals surface area contributed by atoms with Gasteiger partial charge in [0.1, 0.15) is 0 Å². The predicted octanol–water partition coefficient (Wildman–Crippen LogP) is 11.2. The summed E-state index contributed by atoms with van der Waals surface area (Å²) in [5.41, 5.74) is 0. The molecule has 0 heterocycles. The minimum absolute atomic E-state index is 0.162. The molecule has 0 aliphatic heterocycles. The van der Waals surface area contributed by atoms with Gasteiger partial charge in [0, 0.05) is 0 Å². The lowest BCUT2D eigenvalue weighted by molar-refractivity contribution is 0.305. The van der Waals surface area contributed by atoms with E-state index in [4.69, 9.17) is 4.18 Å². The first-order chi connectivity index (χ1) is 18.1. The van der Waals surface area contributed by atoms with Gasteiger partial charge in [0.25, 0.3) is 10.1 Å². The van der Waals surface area contributed by atoms with Crippen molar-refractivity contribution in [3.63, 3.8) is 0 Å². The van der Waals surface area contributed by atoms with E-state index in [9.17, 15) is 12.8 Å². The summed E-state index contributed by atoms with van der Waals surface area (Å²) in [7, 11) is -3.35. The fourth-order valence-electron chi connectivity index (χ4n) is 5.04. The molecule has 0 aliphatic rings. The molecule has 0 radical (unpaired) electrons. The molecule has 5 heteroatoms. The molecule has 0 fully saturated rings. The van der Waals surface area contributed by atoms with Crippen LogP contribution in [0, 0.1) is 0 Å². The van der Waals surface area contributed by atoms with Crippen molar-refractivity contribution < 1.29 is 17.0 Å². The van der Waals surface area contributed by atoms with Crippen LogP contribution in [0.15, 0.2) is 0 Å². The molecule has 0 rings (SSSR count). The van der Waals surface area contributed by atoms with Crippen LogP contribution >= 0.6 is 0 Å². The largest absolute Gasteiger partial charge is 0.270 e. The van der Waals surface area contributed by atoms with Crippen LogP contribution in [0.25, 0.3) is 0 Å². The summed E-state index contributed by atoms with van der Waals surface area (Å²) in [4.78, 5) is 0. The molecule has 0 aromatic heterocycles. The van der Waals surface area contributed by atoms with E-state index in [-0.39, 0.29) is 12.4 Å². The first kappa shape index (κ1) is 36.8. The molecule has 0 aromatic rings. The van der Waals surface area contributed by atoms with Gasteiger partial charge in [-0.25, -0.2) is 0 Å². The van der Waals surface area contributed by atoms with E-state index in [0.717, 1.165) is 38.5 Å². The number of hydrogen-bond acceptors (Lipinski definition) is 3. The molecule has 0 spiro atoms. The maximum Gasteiger partial charge on any atom is 0.267 e. The van der Waals surface area contributed by atoms with Crippen LogP contribution < -0.4 is 0 Å². The topological polar surface area (TPSA) is 43.4 Å². The van der Waals surface area contributed by atoms with Crippen LogP contribution in [0.4, 0.5) is 4.39 Å². The molecule has 0 saturated carbocycles. The van der Waals surface area contributed by atoms with Gasteiger partial charge in [0.15, 0.2) is 0 Å². The molecule has 224 valence electrons. The smallest absolute Gasteiger partial charge is 0.267 e. The van der Waals surface area contributed by atoms with Gasteiger partial charge in [-0.2, -0.15) is 8.42 Å². The van der Waals surface area contributed by atoms with E-state index in [2.05, 4.69) is 6.92 Å². The van der Waals surface area contributed by atoms with Gasteiger partial charge in [-0.05, 0) is 19.3 Å². The number of unbranched alkanes of at least 4 members (excludes halogenated alkanes) is 26. The zero-order valence-corrected chi connectivity index (χ0v) is 25.7. The van der Waals surface area contributed by atoms with E-state index in [1.54, 1.807) is 0 Å². The highest BCUT2D eigenvalue weighted by Crippen LogP contribution is 2.15. The van der Waals surface area contributed by atoms with Crippen molar-refractivity contribution in [3.8, 4) is 0 Å². The van der Waals surface area contributed by atoms with Crippen LogP contribution in [0.2, 0.25) is 0 Å². The van der Waals surface area contributed by atoms with Crippen molar-refractivity contribution in [1.82, 2.24) is 0 Å². The Morgan fingerprint density at radius 1 is 0.432 bits per heavy atom. The zero-order chi connectivity index (χ0) is 27.1. The van der Waals surface area contributed by atoms with E-state index in [1.165, 1.54) is 128 Å². The maximum absolute atomic E-state index is 12.0. The zero-order valence-electron chi connectivity index (χ0n) is 24.9. The van der Waals surface area contributed by atoms with Crippen LogP contribution in [0.3, 0.4) is 0 Å². The molecule has 3 nitrogen and oxygen atoms in total. The fraction of sp³-hybridized carbons (Fsp3) is 1.00. The Bertz CT molecular complexity index is 524. The van der Waals surface area contributed by atoms with Crippen LogP contribution in [0.5, 0.6) is 0 Å². The Labute approximate surface area is 232 Å². The van der Waals surface area contributed by atoms with Crippen LogP contribution in [-0.2, 0) is 14.3 Å². The van der Waals surface area contributed by atoms with Gasteiger partial charge in [0.05, 0.1) is 19.0 Å². The maximum atomic E-state index is 12.0. The molecular formula is C32H65FO3S. The van der Waals surface area contributed by atoms with Gasteiger partial charge in [-0.3, -0.25) is 8.57 Å². The second-order valence-corrected chi connectivity index (χ2v) is 13.1. The van der Waals surface area contributed by atoms with Gasteiger partial charge < -0.3 is 0 Å². The van der Waals surface area contributed by atoms with Gasteiger partial charge in [-0.15, -0.1) is 0 Å². The van der Waals surface area contributed by atoms with Crippen molar-refractivity contribution in [2.24, 2.45) is 0 Å². The summed E-state index contributed by atoms with van der Waals surface area (Å²) in [5.74, 6) is 0.162. The average molecular weight is 549 g/mol. The lowest BCUT2D eigenvalue weighted by atomic mass is 10.0. The summed E-state index contributed by atoms with van der Waals surface area (Å²) in [5, 5.41) is 0. The van der Waals surface area contributed by atoms with Crippen molar-refractivity contribution >= 4 is 10.1 Å². The van der Waals surface area contributed by atoms with Gasteiger partial charge in [0.2, 0.25) is 0 Å². The molecule has 0 saturated heterocycles. The highest BCUT2D eigenvalue weighted by atomic mass is 32.2. The Morgan fingerprint density at radius 2 is 0.730 bits per heavy atom. The van der Waals surface area contributed by atoms with Crippen molar-refractivity contribution in [2.75, 3.05) is 19.0 Å². The molecule has 0 aromatic carbocycles. The molecule has 0 amide bonds. The molecule has 0 bridgehead atoms. The van der Waals surface area contributed by atoms with Gasteiger partial charge in [-0.1, -0.05) is 167 Å². The number of halogens is 1. The molecular weight excluding hydrogens is 483 g/mol. The minimum atomic E-state index is -3.35. The molecule has 0 atom stereocenters. The van der Waals surface area contributed by atoms with E-state index < -0.39 is 10.1 Å². The van der Waals surface area contributed by atoms with Gasteiger partial charge >= 0.3 is 0 Å². The SMILES string of the molecule is CCCCCCCCCCCCCCCCCCCCOS(=O)(=O)CCCCCCCCCCCCF. The second kappa shape index (κ2) is 30.4. The Morgan fingerprint density at radius 3 is 1.08 bits per heavy atom. The minimum Gasteiger partial charge on any atom is -0.270 e. The molecule has 0 aliphatic carbocycles. The van der Waals surface area contributed by atoms with Crippen LogP contribution in [-0.4, -0.2) is 27.5 Å².